The van der Waals surface area contributed by atoms with Gasteiger partial charge in [0.25, 0.3) is 5.56 Å². The van der Waals surface area contributed by atoms with Crippen LogP contribution in [0.3, 0.4) is 0 Å². The molecule has 1 N–H and O–H groups in total. The predicted octanol–water partition coefficient (Wildman–Crippen LogP) is 3.81. The van der Waals surface area contributed by atoms with Gasteiger partial charge in [-0.15, -0.1) is 0 Å². The van der Waals surface area contributed by atoms with Gasteiger partial charge in [-0.05, 0) is 48.9 Å². The molecule has 0 saturated heterocycles. The highest BCUT2D eigenvalue weighted by atomic mass is 35.5. The summed E-state index contributed by atoms with van der Waals surface area (Å²) >= 11 is 5.88. The number of rotatable bonds is 6. The van der Waals surface area contributed by atoms with Gasteiger partial charge >= 0.3 is 5.69 Å². The summed E-state index contributed by atoms with van der Waals surface area (Å²) in [5.41, 5.74) is -0.879. The van der Waals surface area contributed by atoms with Gasteiger partial charge in [0.1, 0.15) is 17.6 Å². The number of carbonyl (C=O) groups excluding carboxylic acids is 1. The topological polar surface area (TPSA) is 86.2 Å². The van der Waals surface area contributed by atoms with Crippen molar-refractivity contribution in [2.75, 3.05) is 0 Å². The molecule has 32 heavy (non-hydrogen) atoms. The maximum Gasteiger partial charge on any atom is 0.336 e. The van der Waals surface area contributed by atoms with Crippen LogP contribution in [-0.2, 0) is 11.3 Å². The lowest BCUT2D eigenvalue weighted by atomic mass is 10.1. The molecule has 4 aromatic rings. The second-order valence-electron chi connectivity index (χ2n) is 7.13. The average molecular weight is 456 g/mol. The first-order valence-corrected chi connectivity index (χ1v) is 10.3. The Morgan fingerprint density at radius 1 is 1.16 bits per heavy atom. The normalized spacial score (nSPS) is 12.1. The number of benzene rings is 2. The van der Waals surface area contributed by atoms with Crippen molar-refractivity contribution in [2.45, 2.75) is 25.9 Å². The number of nitrogens with zero attached hydrogens (tertiary/aromatic N) is 2. The van der Waals surface area contributed by atoms with E-state index in [4.69, 9.17) is 16.0 Å². The van der Waals surface area contributed by atoms with E-state index in [-0.39, 0.29) is 29.1 Å². The number of para-hydroxylation sites is 1. The molecule has 4 rings (SSSR count). The largest absolute Gasteiger partial charge is 0.467 e. The van der Waals surface area contributed by atoms with Crippen LogP contribution in [0.15, 0.2) is 74.9 Å². The summed E-state index contributed by atoms with van der Waals surface area (Å²) in [5, 5.41) is 2.78. The third-order valence-corrected chi connectivity index (χ3v) is 5.46. The van der Waals surface area contributed by atoms with Crippen LogP contribution in [0.1, 0.15) is 25.1 Å². The minimum Gasteiger partial charge on any atom is -0.467 e. The van der Waals surface area contributed by atoms with Crippen LogP contribution in [0.25, 0.3) is 16.6 Å². The Morgan fingerprint density at radius 3 is 2.62 bits per heavy atom. The Hall–Kier alpha value is -3.65. The molecular weight excluding hydrogens is 437 g/mol. The predicted molar refractivity (Wildman–Crippen MR) is 119 cm³/mol. The second kappa shape index (κ2) is 8.84. The number of halogens is 2. The molecule has 2 heterocycles. The zero-order valence-electron chi connectivity index (χ0n) is 17.0. The maximum absolute atomic E-state index is 13.7. The number of nitrogens with one attached hydrogen (secondary N) is 1. The van der Waals surface area contributed by atoms with E-state index < -0.39 is 29.0 Å². The summed E-state index contributed by atoms with van der Waals surface area (Å²) in [7, 11) is 0. The molecular formula is C23H19ClFN3O4. The molecule has 0 fully saturated rings. The summed E-state index contributed by atoms with van der Waals surface area (Å²) in [4.78, 5) is 39.7. The Morgan fingerprint density at radius 2 is 1.94 bits per heavy atom. The number of furan rings is 1. The molecule has 0 spiro atoms. The highest BCUT2D eigenvalue weighted by Crippen LogP contribution is 2.20. The van der Waals surface area contributed by atoms with Gasteiger partial charge < -0.3 is 9.73 Å². The van der Waals surface area contributed by atoms with Crippen molar-refractivity contribution in [1.29, 1.82) is 0 Å². The summed E-state index contributed by atoms with van der Waals surface area (Å²) < 4.78 is 21.1. The van der Waals surface area contributed by atoms with E-state index >= 15 is 0 Å². The van der Waals surface area contributed by atoms with Crippen molar-refractivity contribution in [3.05, 3.63) is 98.3 Å². The fourth-order valence-electron chi connectivity index (χ4n) is 3.63. The van der Waals surface area contributed by atoms with Crippen molar-refractivity contribution >= 4 is 28.4 Å². The molecule has 2 aromatic carbocycles. The van der Waals surface area contributed by atoms with Gasteiger partial charge in [0.2, 0.25) is 5.91 Å². The van der Waals surface area contributed by atoms with Gasteiger partial charge in [-0.3, -0.25) is 14.2 Å². The Labute approximate surface area is 186 Å². The van der Waals surface area contributed by atoms with Gasteiger partial charge in [0, 0.05) is 0 Å². The van der Waals surface area contributed by atoms with Crippen LogP contribution in [0.5, 0.6) is 0 Å². The minimum atomic E-state index is -0.898. The molecule has 7 nitrogen and oxygen atoms in total. The Bertz CT molecular complexity index is 1410. The molecule has 164 valence electrons. The van der Waals surface area contributed by atoms with E-state index in [1.807, 2.05) is 0 Å². The van der Waals surface area contributed by atoms with Crippen LogP contribution in [0, 0.1) is 5.82 Å². The Balaban J connectivity index is 1.89. The summed E-state index contributed by atoms with van der Waals surface area (Å²) in [6.45, 7) is 1.92. The molecule has 0 aliphatic carbocycles. The number of carbonyl (C=O) groups is 1. The zero-order chi connectivity index (χ0) is 22.8. The van der Waals surface area contributed by atoms with E-state index in [9.17, 15) is 18.8 Å². The monoisotopic (exact) mass is 455 g/mol. The van der Waals surface area contributed by atoms with E-state index in [0.29, 0.717) is 11.3 Å². The number of hydrogen-bond acceptors (Lipinski definition) is 4. The second-order valence-corrected chi connectivity index (χ2v) is 7.54. The van der Waals surface area contributed by atoms with Crippen molar-refractivity contribution in [3.63, 3.8) is 0 Å². The fourth-order valence-corrected chi connectivity index (χ4v) is 3.80. The summed E-state index contributed by atoms with van der Waals surface area (Å²) in [6.07, 6.45) is 1.79. The van der Waals surface area contributed by atoms with Crippen molar-refractivity contribution in [3.8, 4) is 5.69 Å². The zero-order valence-corrected chi connectivity index (χ0v) is 17.8. The van der Waals surface area contributed by atoms with Gasteiger partial charge in [-0.25, -0.2) is 13.8 Å². The third kappa shape index (κ3) is 3.85. The van der Waals surface area contributed by atoms with E-state index in [1.165, 1.54) is 23.0 Å². The number of hydrogen-bond donors (Lipinski definition) is 1. The van der Waals surface area contributed by atoms with Gasteiger partial charge in [0.05, 0.1) is 34.4 Å². The van der Waals surface area contributed by atoms with Crippen molar-refractivity contribution < 1.29 is 13.6 Å². The van der Waals surface area contributed by atoms with Gasteiger partial charge in [0.15, 0.2) is 0 Å². The lowest BCUT2D eigenvalue weighted by Crippen LogP contribution is -2.44. The van der Waals surface area contributed by atoms with Crippen molar-refractivity contribution in [1.82, 2.24) is 14.5 Å². The van der Waals surface area contributed by atoms with Crippen LogP contribution >= 0.6 is 11.6 Å². The molecule has 1 atom stereocenters. The van der Waals surface area contributed by atoms with Gasteiger partial charge in [-0.1, -0.05) is 30.7 Å². The standard InChI is InChI=1S/C23H19ClFN3O4/c1-2-19(21(29)26-13-15-6-5-11-32-15)28-20-8-4-3-7-16(20)22(30)27(23(28)31)14-9-10-18(25)17(24)12-14/h3-12,19H,2,13H2,1H3,(H,26,29). The molecule has 1 unspecified atom stereocenters. The third-order valence-electron chi connectivity index (χ3n) is 5.17. The molecule has 0 aliphatic heterocycles. The SMILES string of the molecule is CCC(C(=O)NCc1ccco1)n1c(=O)n(-c2ccc(F)c(Cl)c2)c(=O)c2ccccc21. The quantitative estimate of drug-likeness (QED) is 0.479. The first kappa shape index (κ1) is 21.6. The summed E-state index contributed by atoms with van der Waals surface area (Å²) in [5.74, 6) is -0.511. The molecule has 0 aliphatic rings. The number of amides is 1. The first-order valence-electron chi connectivity index (χ1n) is 9.94. The van der Waals surface area contributed by atoms with Crippen LogP contribution in [-0.4, -0.2) is 15.0 Å². The molecule has 0 bridgehead atoms. The van der Waals surface area contributed by atoms with E-state index in [1.54, 1.807) is 43.3 Å². The molecule has 1 amide bonds. The Kier molecular flexibility index (Phi) is 5.96. The fraction of sp³-hybridized carbons (Fsp3) is 0.174. The van der Waals surface area contributed by atoms with E-state index in [0.717, 1.165) is 10.6 Å². The number of aromatic nitrogens is 2. The summed E-state index contributed by atoms with van der Waals surface area (Å²) in [6, 6.07) is 12.6. The van der Waals surface area contributed by atoms with Crippen LogP contribution < -0.4 is 16.6 Å². The number of fused-ring (bicyclic) bond motifs is 1. The van der Waals surface area contributed by atoms with Gasteiger partial charge in [-0.2, -0.15) is 0 Å². The van der Waals surface area contributed by atoms with Crippen molar-refractivity contribution in [2.24, 2.45) is 0 Å². The lowest BCUT2D eigenvalue weighted by Gasteiger charge is -2.21. The molecule has 0 saturated carbocycles. The van der Waals surface area contributed by atoms with E-state index in [2.05, 4.69) is 5.32 Å². The highest BCUT2D eigenvalue weighted by molar-refractivity contribution is 6.30. The average Bonchev–Trinajstić information content (AvgIpc) is 3.31. The minimum absolute atomic E-state index is 0.108. The first-order chi connectivity index (χ1) is 15.4. The highest BCUT2D eigenvalue weighted by Gasteiger charge is 2.25. The molecule has 9 heteroatoms. The molecule has 0 radical (unpaired) electrons. The van der Waals surface area contributed by atoms with Crippen LogP contribution in [0.2, 0.25) is 5.02 Å². The maximum atomic E-state index is 13.7. The van der Waals surface area contributed by atoms with Crippen LogP contribution in [0.4, 0.5) is 4.39 Å². The lowest BCUT2D eigenvalue weighted by molar-refractivity contribution is -0.124. The smallest absolute Gasteiger partial charge is 0.336 e. The molecule has 2 aromatic heterocycles.